The zero-order valence-corrected chi connectivity index (χ0v) is 18.1. The van der Waals surface area contributed by atoms with Crippen molar-refractivity contribution in [2.24, 2.45) is 0 Å². The molecule has 3 aromatic rings. The lowest BCUT2D eigenvalue weighted by atomic mass is 10.0. The number of morpholine rings is 1. The summed E-state index contributed by atoms with van der Waals surface area (Å²) in [5.41, 5.74) is 2.17. The summed E-state index contributed by atoms with van der Waals surface area (Å²) in [6.07, 6.45) is 0. The molecule has 0 unspecified atom stereocenters. The Morgan fingerprint density at radius 2 is 2.03 bits per heavy atom. The topological polar surface area (TPSA) is 80.5 Å². The first kappa shape index (κ1) is 20.0. The van der Waals surface area contributed by atoms with Crippen molar-refractivity contribution in [3.8, 4) is 10.6 Å². The van der Waals surface area contributed by atoms with Crippen LogP contribution in [0.1, 0.15) is 34.8 Å². The van der Waals surface area contributed by atoms with Crippen LogP contribution < -0.4 is 5.32 Å². The highest BCUT2D eigenvalue weighted by molar-refractivity contribution is 7.15. The largest absolute Gasteiger partial charge is 0.379 e. The maximum Gasteiger partial charge on any atom is 0.259 e. The normalized spacial score (nSPS) is 15.7. The van der Waals surface area contributed by atoms with E-state index in [9.17, 15) is 4.79 Å². The van der Waals surface area contributed by atoms with Crippen molar-refractivity contribution in [1.29, 1.82) is 0 Å². The van der Waals surface area contributed by atoms with Crippen LogP contribution in [0.5, 0.6) is 0 Å². The van der Waals surface area contributed by atoms with Gasteiger partial charge in [-0.3, -0.25) is 9.69 Å². The van der Waals surface area contributed by atoms with Crippen LogP contribution in [0.25, 0.3) is 21.7 Å². The van der Waals surface area contributed by atoms with Crippen molar-refractivity contribution in [2.75, 3.05) is 32.8 Å². The zero-order chi connectivity index (χ0) is 20.6. The van der Waals surface area contributed by atoms with Gasteiger partial charge in [-0.15, -0.1) is 11.3 Å². The molecule has 1 fully saturated rings. The van der Waals surface area contributed by atoms with Gasteiger partial charge in [0.05, 0.1) is 40.4 Å². The van der Waals surface area contributed by atoms with Crippen LogP contribution in [0.3, 0.4) is 0 Å². The molecule has 1 N–H and O–H groups in total. The Morgan fingerprint density at radius 1 is 1.28 bits per heavy atom. The summed E-state index contributed by atoms with van der Waals surface area (Å²) in [6, 6.07) is 5.90. The Kier molecular flexibility index (Phi) is 5.42. The van der Waals surface area contributed by atoms with Gasteiger partial charge in [0.1, 0.15) is 0 Å². The molecule has 1 saturated heterocycles. The van der Waals surface area contributed by atoms with Crippen LogP contribution in [-0.4, -0.2) is 59.3 Å². The molecule has 29 heavy (non-hydrogen) atoms. The fourth-order valence-corrected chi connectivity index (χ4v) is 4.47. The number of pyridine rings is 1. The van der Waals surface area contributed by atoms with Crippen molar-refractivity contribution in [3.05, 3.63) is 34.3 Å². The average molecular weight is 415 g/mol. The van der Waals surface area contributed by atoms with Gasteiger partial charge < -0.3 is 14.6 Å². The summed E-state index contributed by atoms with van der Waals surface area (Å²) < 4.78 is 10.8. The van der Waals surface area contributed by atoms with E-state index in [2.05, 4.69) is 34.2 Å². The summed E-state index contributed by atoms with van der Waals surface area (Å²) in [5, 5.41) is 7.81. The summed E-state index contributed by atoms with van der Waals surface area (Å²) in [6.45, 7) is 11.9. The van der Waals surface area contributed by atoms with Crippen molar-refractivity contribution in [1.82, 2.24) is 20.4 Å². The lowest BCUT2D eigenvalue weighted by Crippen LogP contribution is -2.55. The van der Waals surface area contributed by atoms with Gasteiger partial charge in [0.2, 0.25) is 0 Å². The number of rotatable bonds is 5. The molecule has 3 aromatic heterocycles. The van der Waals surface area contributed by atoms with Crippen LogP contribution >= 0.6 is 11.3 Å². The van der Waals surface area contributed by atoms with Crippen LogP contribution in [0.4, 0.5) is 0 Å². The van der Waals surface area contributed by atoms with Gasteiger partial charge >= 0.3 is 0 Å². The highest BCUT2D eigenvalue weighted by Crippen LogP contribution is 2.31. The highest BCUT2D eigenvalue weighted by atomic mass is 32.1. The minimum atomic E-state index is -0.164. The molecule has 0 spiro atoms. The van der Waals surface area contributed by atoms with Crippen LogP contribution in [0.2, 0.25) is 0 Å². The molecule has 1 amide bonds. The van der Waals surface area contributed by atoms with Gasteiger partial charge in [0.25, 0.3) is 11.6 Å². The lowest BCUT2D eigenvalue weighted by molar-refractivity contribution is -0.00922. The van der Waals surface area contributed by atoms with Gasteiger partial charge in [-0.25, -0.2) is 4.98 Å². The third-order valence-electron chi connectivity index (χ3n) is 5.40. The maximum absolute atomic E-state index is 13.2. The molecule has 0 aliphatic carbocycles. The fourth-order valence-electron chi connectivity index (χ4n) is 3.64. The number of nitrogens with zero attached hydrogens (tertiary/aromatic N) is 3. The monoisotopic (exact) mass is 414 g/mol. The Hall–Kier alpha value is -2.29. The lowest BCUT2D eigenvalue weighted by Gasteiger charge is -2.40. The quantitative estimate of drug-likeness (QED) is 0.689. The van der Waals surface area contributed by atoms with Crippen molar-refractivity contribution in [3.63, 3.8) is 0 Å². The van der Waals surface area contributed by atoms with Crippen molar-refractivity contribution in [2.45, 2.75) is 33.2 Å². The van der Waals surface area contributed by atoms with E-state index in [1.807, 2.05) is 32.0 Å². The fraction of sp³-hybridized carbons (Fsp3) is 0.476. The molecule has 154 valence electrons. The molecule has 0 saturated carbocycles. The number of hydrogen-bond donors (Lipinski definition) is 1. The Morgan fingerprint density at radius 3 is 2.72 bits per heavy atom. The summed E-state index contributed by atoms with van der Waals surface area (Å²) in [4.78, 5) is 22.3. The van der Waals surface area contributed by atoms with Gasteiger partial charge in [-0.2, -0.15) is 0 Å². The molecule has 0 aromatic carbocycles. The first-order valence-electron chi connectivity index (χ1n) is 9.80. The molecule has 0 radical (unpaired) electrons. The zero-order valence-electron chi connectivity index (χ0n) is 17.2. The molecule has 0 atom stereocenters. The molecule has 8 heteroatoms. The van der Waals surface area contributed by atoms with Gasteiger partial charge in [0, 0.05) is 30.1 Å². The summed E-state index contributed by atoms with van der Waals surface area (Å²) in [5.74, 6) is -0.139. The smallest absolute Gasteiger partial charge is 0.259 e. The van der Waals surface area contributed by atoms with E-state index in [1.165, 1.54) is 4.88 Å². The van der Waals surface area contributed by atoms with E-state index in [0.29, 0.717) is 28.9 Å². The van der Waals surface area contributed by atoms with E-state index in [1.54, 1.807) is 11.3 Å². The molecule has 4 heterocycles. The summed E-state index contributed by atoms with van der Waals surface area (Å²) >= 11 is 1.64. The maximum atomic E-state index is 13.2. The van der Waals surface area contributed by atoms with E-state index >= 15 is 0 Å². The Labute approximate surface area is 174 Å². The van der Waals surface area contributed by atoms with Crippen molar-refractivity contribution < 1.29 is 14.1 Å². The number of thiophene rings is 1. The number of aryl methyl sites for hydroxylation is 2. The summed E-state index contributed by atoms with van der Waals surface area (Å²) in [7, 11) is 0. The van der Waals surface area contributed by atoms with Crippen LogP contribution in [-0.2, 0) is 4.74 Å². The molecule has 1 aliphatic heterocycles. The number of amides is 1. The number of carbonyl (C=O) groups excluding carboxylic acids is 1. The second-order valence-corrected chi connectivity index (χ2v) is 9.30. The first-order valence-corrected chi connectivity index (χ1v) is 10.6. The van der Waals surface area contributed by atoms with E-state index in [-0.39, 0.29) is 11.4 Å². The van der Waals surface area contributed by atoms with Crippen LogP contribution in [0, 0.1) is 13.8 Å². The predicted octanol–water partition coefficient (Wildman–Crippen LogP) is 3.41. The molecule has 7 nitrogen and oxygen atoms in total. The second-order valence-electron chi connectivity index (χ2n) is 8.01. The number of ether oxygens (including phenoxy) is 1. The van der Waals surface area contributed by atoms with Crippen LogP contribution in [0.15, 0.2) is 22.7 Å². The predicted molar refractivity (Wildman–Crippen MR) is 113 cm³/mol. The number of hydrogen-bond acceptors (Lipinski definition) is 7. The Bertz CT molecular complexity index is 1030. The van der Waals surface area contributed by atoms with E-state index in [0.717, 1.165) is 36.9 Å². The molecule has 1 aliphatic rings. The minimum absolute atomic E-state index is 0.139. The van der Waals surface area contributed by atoms with Gasteiger partial charge in [-0.05, 0) is 45.9 Å². The number of carbonyl (C=O) groups is 1. The third-order valence-corrected chi connectivity index (χ3v) is 6.43. The third kappa shape index (κ3) is 4.05. The standard InChI is InChI=1S/C21H26N4O3S/c1-13-5-6-17(29-13)16-11-15(18-14(2)24-28-20(18)23-16)19(26)22-12-21(3,4)25-7-9-27-10-8-25/h5-6,11H,7-10,12H2,1-4H3,(H,22,26). The molecular formula is C21H26N4O3S. The number of fused-ring (bicyclic) bond motifs is 1. The number of aromatic nitrogens is 2. The second kappa shape index (κ2) is 7.85. The molecule has 4 rings (SSSR count). The van der Waals surface area contributed by atoms with Gasteiger partial charge in [-0.1, -0.05) is 5.16 Å². The SMILES string of the molecule is Cc1ccc(-c2cc(C(=O)NCC(C)(C)N3CCOCC3)c3c(C)noc3n2)s1. The van der Waals surface area contributed by atoms with Gasteiger partial charge in [0.15, 0.2) is 0 Å². The van der Waals surface area contributed by atoms with E-state index < -0.39 is 0 Å². The van der Waals surface area contributed by atoms with Crippen molar-refractivity contribution >= 4 is 28.3 Å². The Balaban J connectivity index is 1.61. The minimum Gasteiger partial charge on any atom is -0.379 e. The average Bonchev–Trinajstić information content (AvgIpc) is 3.32. The highest BCUT2D eigenvalue weighted by Gasteiger charge is 2.29. The number of nitrogens with one attached hydrogen (secondary N) is 1. The molecule has 0 bridgehead atoms. The van der Waals surface area contributed by atoms with E-state index in [4.69, 9.17) is 9.26 Å². The first-order chi connectivity index (χ1) is 13.8. The molecular weight excluding hydrogens is 388 g/mol.